The van der Waals surface area contributed by atoms with E-state index in [1.165, 1.54) is 18.4 Å². The Labute approximate surface area is 152 Å². The van der Waals surface area contributed by atoms with E-state index in [0.29, 0.717) is 23.5 Å². The Hall–Kier alpha value is -0.890. The average molecular weight is 343 g/mol. The van der Waals surface area contributed by atoms with Gasteiger partial charge >= 0.3 is 0 Å². The maximum Gasteiger partial charge on any atom is 0.137 e. The van der Waals surface area contributed by atoms with Gasteiger partial charge in [-0.25, -0.2) is 0 Å². The van der Waals surface area contributed by atoms with Gasteiger partial charge in [0, 0.05) is 12.3 Å². The predicted molar refractivity (Wildman–Crippen MR) is 101 cm³/mol. The number of aliphatic hydroxyl groups is 1. The summed E-state index contributed by atoms with van der Waals surface area (Å²) in [4.78, 5) is 12.9. The topological polar surface area (TPSA) is 37.3 Å². The fraction of sp³-hybridized carbons (Fsp3) is 0.783. The molecule has 0 saturated heterocycles. The molecule has 0 amide bonds. The second kappa shape index (κ2) is 5.81. The largest absolute Gasteiger partial charge is 0.393 e. The Balaban J connectivity index is 1.68. The van der Waals surface area contributed by atoms with Gasteiger partial charge < -0.3 is 5.11 Å². The molecule has 3 saturated carbocycles. The molecule has 0 aromatic carbocycles. The molecular weight excluding hydrogens is 308 g/mol. The van der Waals surface area contributed by atoms with E-state index < -0.39 is 0 Å². The molecule has 0 radical (unpaired) electrons. The van der Waals surface area contributed by atoms with E-state index in [0.717, 1.165) is 32.1 Å². The Kier molecular flexibility index (Phi) is 4.07. The first-order chi connectivity index (χ1) is 11.8. The maximum absolute atomic E-state index is 12.9. The molecule has 0 heterocycles. The molecule has 0 aliphatic heterocycles. The van der Waals surface area contributed by atoms with Crippen LogP contribution in [-0.4, -0.2) is 17.0 Å². The summed E-state index contributed by atoms with van der Waals surface area (Å²) in [5.74, 6) is 2.82. The van der Waals surface area contributed by atoms with Crippen molar-refractivity contribution in [2.75, 3.05) is 0 Å². The van der Waals surface area contributed by atoms with Gasteiger partial charge in [-0.3, -0.25) is 4.79 Å². The molecule has 8 atom stereocenters. The number of fused-ring (bicyclic) bond motifs is 5. The lowest BCUT2D eigenvalue weighted by atomic mass is 9.47. The van der Waals surface area contributed by atoms with Crippen LogP contribution in [0.4, 0.5) is 0 Å². The van der Waals surface area contributed by atoms with Crippen LogP contribution >= 0.6 is 0 Å². The molecule has 0 aromatic rings. The monoisotopic (exact) mass is 342 g/mol. The molecule has 4 aliphatic rings. The fourth-order valence-corrected chi connectivity index (χ4v) is 7.50. The van der Waals surface area contributed by atoms with Crippen LogP contribution in [0.2, 0.25) is 0 Å². The molecular formula is C23H34O2. The van der Waals surface area contributed by atoms with E-state index in [-0.39, 0.29) is 28.8 Å². The van der Waals surface area contributed by atoms with Crippen LogP contribution < -0.4 is 0 Å². The molecule has 1 N–H and O–H groups in total. The highest BCUT2D eigenvalue weighted by atomic mass is 16.3. The van der Waals surface area contributed by atoms with E-state index in [1.54, 1.807) is 0 Å². The fourth-order valence-electron chi connectivity index (χ4n) is 7.50. The van der Waals surface area contributed by atoms with Crippen LogP contribution in [0, 0.1) is 40.4 Å². The zero-order valence-electron chi connectivity index (χ0n) is 16.1. The summed E-state index contributed by atoms with van der Waals surface area (Å²) in [5.41, 5.74) is 1.92. The lowest BCUT2D eigenvalue weighted by molar-refractivity contribution is -0.123. The Morgan fingerprint density at radius 3 is 2.72 bits per heavy atom. The molecule has 4 unspecified atom stereocenters. The van der Waals surface area contributed by atoms with Crippen LogP contribution in [0.1, 0.15) is 65.7 Å². The summed E-state index contributed by atoms with van der Waals surface area (Å²) in [6.45, 7) is 11.0. The lowest BCUT2D eigenvalue weighted by Crippen LogP contribution is -2.50. The first-order valence-electron chi connectivity index (χ1n) is 10.3. The van der Waals surface area contributed by atoms with Crippen molar-refractivity contribution in [2.24, 2.45) is 40.4 Å². The smallest absolute Gasteiger partial charge is 0.137 e. The van der Waals surface area contributed by atoms with E-state index in [4.69, 9.17) is 0 Å². The average Bonchev–Trinajstić information content (AvgIpc) is 2.85. The molecule has 0 spiro atoms. The number of hydrogen-bond acceptors (Lipinski definition) is 2. The first kappa shape index (κ1) is 17.5. The van der Waals surface area contributed by atoms with Crippen molar-refractivity contribution in [1.29, 1.82) is 0 Å². The minimum atomic E-state index is -0.143. The van der Waals surface area contributed by atoms with Crippen molar-refractivity contribution >= 4 is 5.78 Å². The molecule has 0 bridgehead atoms. The normalized spacial score (nSPS) is 50.3. The summed E-state index contributed by atoms with van der Waals surface area (Å²) in [6.07, 6.45) is 11.5. The Morgan fingerprint density at radius 1 is 1.24 bits per heavy atom. The zero-order chi connectivity index (χ0) is 18.0. The van der Waals surface area contributed by atoms with Gasteiger partial charge in [0.1, 0.15) is 5.78 Å². The number of ketones is 1. The summed E-state index contributed by atoms with van der Waals surface area (Å²) in [6, 6.07) is 0. The second-order valence-electron chi connectivity index (χ2n) is 9.94. The molecule has 4 aliphatic carbocycles. The van der Waals surface area contributed by atoms with Crippen molar-refractivity contribution in [3.8, 4) is 0 Å². The molecule has 2 nitrogen and oxygen atoms in total. The van der Waals surface area contributed by atoms with Crippen LogP contribution in [0.25, 0.3) is 0 Å². The van der Waals surface area contributed by atoms with Crippen molar-refractivity contribution in [2.45, 2.75) is 71.8 Å². The second-order valence-corrected chi connectivity index (χ2v) is 9.94. The van der Waals surface area contributed by atoms with Crippen LogP contribution in [0.5, 0.6) is 0 Å². The number of carbonyl (C=O) groups is 1. The number of hydrogen-bond donors (Lipinski definition) is 1. The summed E-state index contributed by atoms with van der Waals surface area (Å²) >= 11 is 0. The van der Waals surface area contributed by atoms with E-state index in [2.05, 4.69) is 33.4 Å². The van der Waals surface area contributed by atoms with E-state index in [1.807, 2.05) is 6.08 Å². The number of rotatable bonds is 2. The van der Waals surface area contributed by atoms with Crippen molar-refractivity contribution in [1.82, 2.24) is 0 Å². The van der Waals surface area contributed by atoms with Gasteiger partial charge in [0.05, 0.1) is 6.10 Å². The number of Topliss-reactive ketones (excluding diaryl/α,β-unsaturated/α-hetero) is 1. The lowest BCUT2D eigenvalue weighted by Gasteiger charge is -2.58. The van der Waals surface area contributed by atoms with Crippen LogP contribution in [-0.2, 0) is 4.79 Å². The van der Waals surface area contributed by atoms with Crippen LogP contribution in [0.15, 0.2) is 24.3 Å². The summed E-state index contributed by atoms with van der Waals surface area (Å²) < 4.78 is 0. The van der Waals surface area contributed by atoms with Crippen molar-refractivity contribution < 1.29 is 9.90 Å². The van der Waals surface area contributed by atoms with Crippen molar-refractivity contribution in [3.05, 3.63) is 24.3 Å². The summed E-state index contributed by atoms with van der Waals surface area (Å²) in [7, 11) is 0. The van der Waals surface area contributed by atoms with E-state index >= 15 is 0 Å². The van der Waals surface area contributed by atoms with Gasteiger partial charge in [0.2, 0.25) is 0 Å². The Morgan fingerprint density at radius 2 is 2.00 bits per heavy atom. The molecule has 3 fully saturated rings. The Bertz CT molecular complexity index is 620. The third-order valence-electron chi connectivity index (χ3n) is 8.89. The van der Waals surface area contributed by atoms with Crippen molar-refractivity contribution in [3.63, 3.8) is 0 Å². The highest BCUT2D eigenvalue weighted by molar-refractivity contribution is 5.85. The summed E-state index contributed by atoms with van der Waals surface area (Å²) in [5, 5.41) is 10.1. The number of aliphatic hydroxyl groups excluding tert-OH is 1. The molecule has 138 valence electrons. The number of carbonyl (C=O) groups excluding carboxylic acids is 1. The predicted octanol–water partition coefficient (Wildman–Crippen LogP) is 4.93. The quantitative estimate of drug-likeness (QED) is 0.723. The van der Waals surface area contributed by atoms with E-state index in [9.17, 15) is 9.90 Å². The van der Waals surface area contributed by atoms with Gasteiger partial charge in [-0.05, 0) is 73.0 Å². The molecule has 2 heteroatoms. The maximum atomic E-state index is 12.9. The SMILES string of the molecule is C=C[C@@H](C)C1C(=O)CC2C3CC=C4C[C@@H](O)CC[C@]4(C)C3CC[C@@]21C. The highest BCUT2D eigenvalue weighted by Crippen LogP contribution is 2.66. The van der Waals surface area contributed by atoms with Gasteiger partial charge in [0.25, 0.3) is 0 Å². The third kappa shape index (κ3) is 2.36. The molecule has 4 rings (SSSR count). The first-order valence-corrected chi connectivity index (χ1v) is 10.3. The van der Waals surface area contributed by atoms with Gasteiger partial charge in [-0.1, -0.05) is 38.5 Å². The van der Waals surface area contributed by atoms with Gasteiger partial charge in [0.15, 0.2) is 0 Å². The molecule has 25 heavy (non-hydrogen) atoms. The zero-order valence-corrected chi connectivity index (χ0v) is 16.1. The van der Waals surface area contributed by atoms with Gasteiger partial charge in [-0.2, -0.15) is 0 Å². The standard InChI is InChI=1S/C23H34O2/c1-5-14(2)21-20(25)13-19-17-7-6-15-12-16(24)8-10-22(15,3)18(17)9-11-23(19,21)4/h5-6,14,16-19,21,24H,1,7-13H2,2-4H3/t14-,16+,17?,18?,19?,21?,22+,23+/m1/s1. The molecule has 0 aromatic heterocycles. The minimum Gasteiger partial charge on any atom is -0.393 e. The van der Waals surface area contributed by atoms with Crippen LogP contribution in [0.3, 0.4) is 0 Å². The van der Waals surface area contributed by atoms with Gasteiger partial charge in [-0.15, -0.1) is 6.58 Å². The highest BCUT2D eigenvalue weighted by Gasteiger charge is 2.61. The minimum absolute atomic E-state index is 0.143. The third-order valence-corrected chi connectivity index (χ3v) is 8.89. The number of allylic oxidation sites excluding steroid dienone is 2.